The van der Waals surface area contributed by atoms with Gasteiger partial charge in [-0.2, -0.15) is 10.4 Å². The van der Waals surface area contributed by atoms with E-state index in [4.69, 9.17) is 4.42 Å². The summed E-state index contributed by atoms with van der Waals surface area (Å²) in [5, 5.41) is 22.8. The number of benzene rings is 1. The molecule has 134 valence electrons. The number of amides is 1. The summed E-state index contributed by atoms with van der Waals surface area (Å²) in [5.74, 6) is -0.329. The highest BCUT2D eigenvalue weighted by molar-refractivity contribution is 7.17. The molecule has 28 heavy (non-hydrogen) atoms. The van der Waals surface area contributed by atoms with E-state index in [-0.39, 0.29) is 5.91 Å². The van der Waals surface area contributed by atoms with Gasteiger partial charge in [-0.25, -0.2) is 4.98 Å². The van der Waals surface area contributed by atoms with Crippen molar-refractivity contribution in [2.75, 3.05) is 5.32 Å². The molecule has 0 radical (unpaired) electrons. The van der Waals surface area contributed by atoms with Crippen LogP contribution in [0.25, 0.3) is 32.2 Å². The van der Waals surface area contributed by atoms with Gasteiger partial charge in [0.1, 0.15) is 17.5 Å². The van der Waals surface area contributed by atoms with Gasteiger partial charge in [0.25, 0.3) is 5.91 Å². The monoisotopic (exact) mass is 385 g/mol. The fraction of sp³-hybridized carbons (Fsp3) is 0. The van der Waals surface area contributed by atoms with Crippen LogP contribution in [-0.2, 0) is 0 Å². The largest absolute Gasteiger partial charge is 0.472 e. The van der Waals surface area contributed by atoms with E-state index in [9.17, 15) is 10.1 Å². The fourth-order valence-corrected chi connectivity index (χ4v) is 4.02. The molecule has 1 amide bonds. The summed E-state index contributed by atoms with van der Waals surface area (Å²) in [6.45, 7) is 0. The number of rotatable bonds is 3. The number of fused-ring (bicyclic) bond motifs is 2. The first-order valence-electron chi connectivity index (χ1n) is 8.33. The predicted octanol–water partition coefficient (Wildman–Crippen LogP) is 4.56. The number of hydrogen-bond donors (Lipinski definition) is 2. The molecule has 5 aromatic rings. The molecule has 4 aromatic heterocycles. The Kier molecular flexibility index (Phi) is 3.67. The first kappa shape index (κ1) is 16.2. The van der Waals surface area contributed by atoms with Crippen LogP contribution in [0.2, 0.25) is 0 Å². The number of nitriles is 1. The number of aromatic amines is 1. The molecule has 0 aliphatic carbocycles. The van der Waals surface area contributed by atoms with Crippen LogP contribution in [0.3, 0.4) is 0 Å². The number of H-pyrrole nitrogens is 1. The van der Waals surface area contributed by atoms with Crippen molar-refractivity contribution in [1.29, 1.82) is 5.26 Å². The normalized spacial score (nSPS) is 11.0. The van der Waals surface area contributed by atoms with Gasteiger partial charge in [-0.15, -0.1) is 11.3 Å². The van der Waals surface area contributed by atoms with Crippen LogP contribution < -0.4 is 5.32 Å². The Morgan fingerprint density at radius 3 is 3.00 bits per heavy atom. The van der Waals surface area contributed by atoms with Crippen LogP contribution in [0.4, 0.5) is 5.69 Å². The molecule has 0 fully saturated rings. The number of pyridine rings is 1. The Morgan fingerprint density at radius 2 is 2.18 bits per heavy atom. The second kappa shape index (κ2) is 6.33. The van der Waals surface area contributed by atoms with Crippen molar-refractivity contribution in [3.8, 4) is 17.3 Å². The zero-order chi connectivity index (χ0) is 19.1. The molecule has 0 unspecified atom stereocenters. The lowest BCUT2D eigenvalue weighted by Crippen LogP contribution is -2.14. The number of furan rings is 1. The van der Waals surface area contributed by atoms with Gasteiger partial charge in [0.2, 0.25) is 0 Å². The molecule has 0 spiro atoms. The minimum Gasteiger partial charge on any atom is -0.472 e. The molecule has 5 rings (SSSR count). The van der Waals surface area contributed by atoms with Crippen molar-refractivity contribution >= 4 is 43.9 Å². The second-order valence-electron chi connectivity index (χ2n) is 6.09. The third-order valence-electron chi connectivity index (χ3n) is 4.44. The molecule has 0 saturated carbocycles. The summed E-state index contributed by atoms with van der Waals surface area (Å²) in [6, 6.07) is 11.3. The zero-order valence-corrected chi connectivity index (χ0v) is 15.1. The van der Waals surface area contributed by atoms with Gasteiger partial charge >= 0.3 is 0 Å². The number of anilines is 1. The number of nitrogens with zero attached hydrogens (tertiary/aromatic N) is 3. The minimum atomic E-state index is -0.329. The van der Waals surface area contributed by atoms with Gasteiger partial charge in [-0.1, -0.05) is 0 Å². The zero-order valence-electron chi connectivity index (χ0n) is 14.3. The van der Waals surface area contributed by atoms with Gasteiger partial charge in [-0.05, 0) is 35.7 Å². The number of thiophene rings is 1. The lowest BCUT2D eigenvalue weighted by Gasteiger charge is -2.06. The molecule has 0 aliphatic heterocycles. The predicted molar refractivity (Wildman–Crippen MR) is 106 cm³/mol. The highest BCUT2D eigenvalue weighted by atomic mass is 32.1. The Labute approximate surface area is 162 Å². The number of hydrogen-bond acceptors (Lipinski definition) is 6. The number of carbonyl (C=O) groups is 1. The van der Waals surface area contributed by atoms with E-state index in [1.807, 2.05) is 29.6 Å². The summed E-state index contributed by atoms with van der Waals surface area (Å²) in [6.07, 6.45) is 4.64. The van der Waals surface area contributed by atoms with Crippen LogP contribution in [0.5, 0.6) is 0 Å². The maximum atomic E-state index is 12.8. The van der Waals surface area contributed by atoms with Gasteiger partial charge < -0.3 is 9.73 Å². The molecule has 8 heteroatoms. The highest BCUT2D eigenvalue weighted by Gasteiger charge is 2.17. The van der Waals surface area contributed by atoms with E-state index < -0.39 is 0 Å². The minimum absolute atomic E-state index is 0.298. The summed E-state index contributed by atoms with van der Waals surface area (Å²) >= 11 is 1.39. The topological polar surface area (TPSA) is 108 Å². The van der Waals surface area contributed by atoms with Crippen LogP contribution in [-0.4, -0.2) is 21.1 Å². The molecule has 0 saturated heterocycles. The fourth-order valence-electron chi connectivity index (χ4n) is 3.11. The average molecular weight is 385 g/mol. The van der Waals surface area contributed by atoms with Crippen LogP contribution in [0, 0.1) is 11.3 Å². The van der Waals surface area contributed by atoms with Crippen molar-refractivity contribution in [1.82, 2.24) is 15.2 Å². The molecule has 1 aromatic carbocycles. The third-order valence-corrected chi connectivity index (χ3v) is 5.37. The summed E-state index contributed by atoms with van der Waals surface area (Å²) < 4.78 is 5.83. The maximum Gasteiger partial charge on any atom is 0.275 e. The smallest absolute Gasteiger partial charge is 0.275 e. The molecular formula is C20H11N5O2S. The number of aromatic nitrogens is 3. The Hall–Kier alpha value is -3.96. The summed E-state index contributed by atoms with van der Waals surface area (Å²) in [5.41, 5.74) is 3.83. The molecule has 2 N–H and O–H groups in total. The van der Waals surface area contributed by atoms with E-state index in [2.05, 4.69) is 26.6 Å². The molecule has 0 bridgehead atoms. The lowest BCUT2D eigenvalue weighted by atomic mass is 10.1. The van der Waals surface area contributed by atoms with Crippen molar-refractivity contribution < 1.29 is 9.21 Å². The van der Waals surface area contributed by atoms with Crippen molar-refractivity contribution in [2.45, 2.75) is 0 Å². The molecule has 0 atom stereocenters. The van der Waals surface area contributed by atoms with Crippen LogP contribution in [0.15, 0.2) is 58.9 Å². The van der Waals surface area contributed by atoms with Gasteiger partial charge in [-0.3, -0.25) is 9.89 Å². The van der Waals surface area contributed by atoms with Crippen molar-refractivity contribution in [3.63, 3.8) is 0 Å². The third kappa shape index (κ3) is 2.53. The van der Waals surface area contributed by atoms with Crippen molar-refractivity contribution in [2.24, 2.45) is 0 Å². The van der Waals surface area contributed by atoms with E-state index in [0.29, 0.717) is 21.6 Å². The van der Waals surface area contributed by atoms with E-state index in [1.54, 1.807) is 18.6 Å². The first-order valence-corrected chi connectivity index (χ1v) is 9.21. The van der Waals surface area contributed by atoms with Gasteiger partial charge in [0.05, 0.1) is 28.3 Å². The summed E-state index contributed by atoms with van der Waals surface area (Å²) in [4.78, 5) is 17.0. The number of nitrogens with one attached hydrogen (secondary N) is 2. The maximum absolute atomic E-state index is 12.8. The molecular weight excluding hydrogens is 374 g/mol. The quantitative estimate of drug-likeness (QED) is 0.473. The molecule has 7 nitrogen and oxygen atoms in total. The Balaban J connectivity index is 1.52. The standard InChI is InChI=1S/C20H11N5O2S/c21-8-12-9-22-18(19-14(12)4-6-28-19)20(26)23-13-1-2-16-15(7-13)17(25-24-16)11-3-5-27-10-11/h1-7,9-10H,(H,23,26)(H,24,25). The highest BCUT2D eigenvalue weighted by Crippen LogP contribution is 2.30. The Bertz CT molecular complexity index is 1380. The van der Waals surface area contributed by atoms with Crippen LogP contribution in [0.1, 0.15) is 16.1 Å². The summed E-state index contributed by atoms with van der Waals surface area (Å²) in [7, 11) is 0. The Morgan fingerprint density at radius 1 is 1.25 bits per heavy atom. The van der Waals surface area contributed by atoms with Crippen LogP contribution >= 0.6 is 11.3 Å². The van der Waals surface area contributed by atoms with Gasteiger partial charge in [0.15, 0.2) is 0 Å². The van der Waals surface area contributed by atoms with E-state index in [1.165, 1.54) is 17.5 Å². The van der Waals surface area contributed by atoms with E-state index in [0.717, 1.165) is 27.5 Å². The average Bonchev–Trinajstić information content (AvgIpc) is 3.46. The van der Waals surface area contributed by atoms with E-state index >= 15 is 0 Å². The van der Waals surface area contributed by atoms with Gasteiger partial charge in [0, 0.05) is 28.2 Å². The molecule has 0 aliphatic rings. The first-order chi connectivity index (χ1) is 13.7. The lowest BCUT2D eigenvalue weighted by molar-refractivity contribution is 0.102. The number of carbonyl (C=O) groups excluding carboxylic acids is 1. The SMILES string of the molecule is N#Cc1cnc(C(=O)Nc2ccc3[nH]nc(-c4ccoc4)c3c2)c2sccc12. The second-order valence-corrected chi connectivity index (χ2v) is 7.01. The molecule has 4 heterocycles. The van der Waals surface area contributed by atoms with Crippen molar-refractivity contribution in [3.05, 3.63) is 65.7 Å².